The molecule has 1 aromatic carbocycles. The van der Waals surface area contributed by atoms with Crippen LogP contribution >= 0.6 is 0 Å². The Hall–Kier alpha value is -1.88. The van der Waals surface area contributed by atoms with Gasteiger partial charge in [0.25, 0.3) is 11.8 Å². The van der Waals surface area contributed by atoms with Crippen LogP contribution in [-0.2, 0) is 0 Å². The molecule has 1 unspecified atom stereocenters. The molecule has 1 aromatic rings. The van der Waals surface area contributed by atoms with E-state index in [1.807, 2.05) is 41.5 Å². The standard InChI is InChI=1S/C19H30N2O3/c1-18(2,3)12-21-17(24)14-9-7-13(8-10-14)16(23)20-11-15(22)19(4,5)6/h7-10,15,22H,11-12H2,1-6H3,(H,20,23)(H,21,24). The number of benzene rings is 1. The molecule has 0 aliphatic rings. The lowest BCUT2D eigenvalue weighted by Crippen LogP contribution is -2.39. The fourth-order valence-corrected chi connectivity index (χ4v) is 1.82. The molecule has 0 heterocycles. The molecule has 0 saturated heterocycles. The van der Waals surface area contributed by atoms with E-state index in [4.69, 9.17) is 0 Å². The molecule has 5 heteroatoms. The minimum Gasteiger partial charge on any atom is -0.391 e. The summed E-state index contributed by atoms with van der Waals surface area (Å²) < 4.78 is 0. The fourth-order valence-electron chi connectivity index (χ4n) is 1.82. The van der Waals surface area contributed by atoms with Crippen LogP contribution in [0, 0.1) is 10.8 Å². The first-order chi connectivity index (χ1) is 10.9. The van der Waals surface area contributed by atoms with Crippen molar-refractivity contribution in [3.8, 4) is 0 Å². The number of nitrogens with one attached hydrogen (secondary N) is 2. The SMILES string of the molecule is CC(C)(C)CNC(=O)c1ccc(C(=O)NCC(O)C(C)(C)C)cc1. The van der Waals surface area contributed by atoms with Crippen molar-refractivity contribution in [2.45, 2.75) is 47.6 Å². The Balaban J connectivity index is 2.60. The van der Waals surface area contributed by atoms with Crippen LogP contribution < -0.4 is 10.6 Å². The maximum absolute atomic E-state index is 12.1. The predicted molar refractivity (Wildman–Crippen MR) is 96.0 cm³/mol. The van der Waals surface area contributed by atoms with E-state index in [1.54, 1.807) is 24.3 Å². The van der Waals surface area contributed by atoms with Crippen molar-refractivity contribution >= 4 is 11.8 Å². The quantitative estimate of drug-likeness (QED) is 0.774. The Morgan fingerprint density at radius 1 is 0.917 bits per heavy atom. The molecule has 3 N–H and O–H groups in total. The molecular formula is C19H30N2O3. The minimum atomic E-state index is -0.621. The molecular weight excluding hydrogens is 304 g/mol. The molecule has 1 rings (SSSR count). The zero-order valence-electron chi connectivity index (χ0n) is 15.6. The van der Waals surface area contributed by atoms with Crippen molar-refractivity contribution in [3.63, 3.8) is 0 Å². The number of carbonyl (C=O) groups is 2. The number of aliphatic hydroxyl groups is 1. The molecule has 1 atom stereocenters. The third kappa shape index (κ3) is 6.71. The van der Waals surface area contributed by atoms with Crippen molar-refractivity contribution in [2.24, 2.45) is 10.8 Å². The van der Waals surface area contributed by atoms with Gasteiger partial charge in [0.15, 0.2) is 0 Å². The van der Waals surface area contributed by atoms with Gasteiger partial charge in [-0.05, 0) is 35.1 Å². The van der Waals surface area contributed by atoms with Gasteiger partial charge in [0.2, 0.25) is 0 Å². The van der Waals surface area contributed by atoms with Crippen LogP contribution in [-0.4, -0.2) is 36.1 Å². The van der Waals surface area contributed by atoms with E-state index in [0.717, 1.165) is 0 Å². The molecule has 134 valence electrons. The molecule has 0 fully saturated rings. The van der Waals surface area contributed by atoms with Gasteiger partial charge in [0.1, 0.15) is 0 Å². The number of aliphatic hydroxyl groups excluding tert-OH is 1. The summed E-state index contributed by atoms with van der Waals surface area (Å²) in [5.41, 5.74) is 0.708. The van der Waals surface area contributed by atoms with Crippen LogP contribution in [0.1, 0.15) is 62.3 Å². The number of hydrogen-bond donors (Lipinski definition) is 3. The number of carbonyl (C=O) groups excluding carboxylic acids is 2. The summed E-state index contributed by atoms with van der Waals surface area (Å²) in [5, 5.41) is 15.5. The number of amides is 2. The lowest BCUT2D eigenvalue weighted by Gasteiger charge is -2.25. The van der Waals surface area contributed by atoms with Gasteiger partial charge in [-0.1, -0.05) is 41.5 Å². The lowest BCUT2D eigenvalue weighted by molar-refractivity contribution is 0.0587. The van der Waals surface area contributed by atoms with E-state index in [9.17, 15) is 14.7 Å². The Bertz CT molecular complexity index is 566. The normalized spacial score (nSPS) is 13.3. The first-order valence-electron chi connectivity index (χ1n) is 8.25. The second-order valence-electron chi connectivity index (χ2n) is 8.41. The van der Waals surface area contributed by atoms with E-state index in [1.165, 1.54) is 0 Å². The van der Waals surface area contributed by atoms with Crippen LogP contribution in [0.4, 0.5) is 0 Å². The van der Waals surface area contributed by atoms with Crippen LogP contribution in [0.2, 0.25) is 0 Å². The van der Waals surface area contributed by atoms with Crippen molar-refractivity contribution in [1.82, 2.24) is 10.6 Å². The van der Waals surface area contributed by atoms with Gasteiger partial charge in [-0.15, -0.1) is 0 Å². The van der Waals surface area contributed by atoms with E-state index in [0.29, 0.717) is 17.7 Å². The molecule has 0 spiro atoms. The van der Waals surface area contributed by atoms with Crippen molar-refractivity contribution < 1.29 is 14.7 Å². The van der Waals surface area contributed by atoms with Gasteiger partial charge < -0.3 is 15.7 Å². The summed E-state index contributed by atoms with van der Waals surface area (Å²) in [5.74, 6) is -0.417. The average molecular weight is 334 g/mol. The predicted octanol–water partition coefficient (Wildman–Crippen LogP) is 2.60. The van der Waals surface area contributed by atoms with Crippen molar-refractivity contribution in [1.29, 1.82) is 0 Å². The van der Waals surface area contributed by atoms with Crippen LogP contribution in [0.25, 0.3) is 0 Å². The first-order valence-corrected chi connectivity index (χ1v) is 8.25. The summed E-state index contributed by atoms with van der Waals surface area (Å²) >= 11 is 0. The average Bonchev–Trinajstić information content (AvgIpc) is 2.48. The zero-order valence-corrected chi connectivity index (χ0v) is 15.6. The third-order valence-electron chi connectivity index (χ3n) is 3.64. The van der Waals surface area contributed by atoms with E-state index < -0.39 is 6.10 Å². The highest BCUT2D eigenvalue weighted by molar-refractivity contribution is 5.97. The molecule has 24 heavy (non-hydrogen) atoms. The number of rotatable bonds is 5. The van der Waals surface area contributed by atoms with E-state index in [-0.39, 0.29) is 29.2 Å². The summed E-state index contributed by atoms with van der Waals surface area (Å²) in [6.45, 7) is 12.7. The van der Waals surface area contributed by atoms with Crippen molar-refractivity contribution in [3.05, 3.63) is 35.4 Å². The van der Waals surface area contributed by atoms with Crippen molar-refractivity contribution in [2.75, 3.05) is 13.1 Å². The molecule has 2 amide bonds. The van der Waals surface area contributed by atoms with Crippen LogP contribution in [0.5, 0.6) is 0 Å². The third-order valence-corrected chi connectivity index (χ3v) is 3.64. The molecule has 0 radical (unpaired) electrons. The second-order valence-corrected chi connectivity index (χ2v) is 8.41. The first kappa shape index (κ1) is 20.2. The molecule has 0 aromatic heterocycles. The van der Waals surface area contributed by atoms with Gasteiger partial charge >= 0.3 is 0 Å². The Morgan fingerprint density at radius 2 is 1.33 bits per heavy atom. The number of hydrogen-bond acceptors (Lipinski definition) is 3. The monoisotopic (exact) mass is 334 g/mol. The Kier molecular flexibility index (Phi) is 6.55. The van der Waals surface area contributed by atoms with Crippen LogP contribution in [0.3, 0.4) is 0 Å². The highest BCUT2D eigenvalue weighted by Crippen LogP contribution is 2.18. The molecule has 0 saturated carbocycles. The lowest BCUT2D eigenvalue weighted by atomic mass is 9.89. The summed E-state index contributed by atoms with van der Waals surface area (Å²) in [6, 6.07) is 6.50. The maximum Gasteiger partial charge on any atom is 0.251 e. The highest BCUT2D eigenvalue weighted by atomic mass is 16.3. The summed E-state index contributed by atoms with van der Waals surface area (Å²) in [6.07, 6.45) is -0.621. The topological polar surface area (TPSA) is 78.4 Å². The second kappa shape index (κ2) is 7.79. The van der Waals surface area contributed by atoms with Gasteiger partial charge in [0.05, 0.1) is 6.10 Å². The Labute approximate surface area is 144 Å². The molecule has 5 nitrogen and oxygen atoms in total. The highest BCUT2D eigenvalue weighted by Gasteiger charge is 2.22. The van der Waals surface area contributed by atoms with Crippen LogP contribution in [0.15, 0.2) is 24.3 Å². The molecule has 0 bridgehead atoms. The van der Waals surface area contributed by atoms with Gasteiger partial charge in [0, 0.05) is 24.2 Å². The smallest absolute Gasteiger partial charge is 0.251 e. The fraction of sp³-hybridized carbons (Fsp3) is 0.579. The zero-order chi connectivity index (χ0) is 18.5. The Morgan fingerprint density at radius 3 is 1.71 bits per heavy atom. The van der Waals surface area contributed by atoms with E-state index >= 15 is 0 Å². The molecule has 0 aliphatic carbocycles. The summed E-state index contributed by atoms with van der Waals surface area (Å²) in [4.78, 5) is 24.1. The van der Waals surface area contributed by atoms with Gasteiger partial charge in [-0.3, -0.25) is 9.59 Å². The minimum absolute atomic E-state index is 0.0172. The molecule has 0 aliphatic heterocycles. The van der Waals surface area contributed by atoms with Gasteiger partial charge in [-0.25, -0.2) is 0 Å². The van der Waals surface area contributed by atoms with E-state index in [2.05, 4.69) is 10.6 Å². The maximum atomic E-state index is 12.1. The summed E-state index contributed by atoms with van der Waals surface area (Å²) in [7, 11) is 0. The van der Waals surface area contributed by atoms with Gasteiger partial charge in [-0.2, -0.15) is 0 Å². The largest absolute Gasteiger partial charge is 0.391 e.